The molecule has 1 heterocycles. The largest absolute Gasteiger partial charge is 0.307 e. The minimum Gasteiger partial charge on any atom is -0.307 e. The predicted octanol–water partition coefficient (Wildman–Crippen LogP) is 1.57. The number of carbonyl (C=O) groups excluding carboxylic acids is 1. The maximum Gasteiger partial charge on any atom is 0.253 e. The van der Waals surface area contributed by atoms with E-state index in [1.165, 1.54) is 0 Å². The second-order valence-electron chi connectivity index (χ2n) is 3.20. The van der Waals surface area contributed by atoms with Crippen LogP contribution in [0.4, 0.5) is 0 Å². The van der Waals surface area contributed by atoms with Crippen molar-refractivity contribution in [2.75, 3.05) is 0 Å². The second-order valence-corrected chi connectivity index (χ2v) is 3.20. The number of amidine groups is 1. The van der Waals surface area contributed by atoms with Gasteiger partial charge in [0.15, 0.2) is 0 Å². The predicted molar refractivity (Wildman–Crippen MR) is 54.9 cm³/mol. The summed E-state index contributed by atoms with van der Waals surface area (Å²) >= 11 is 0. The second kappa shape index (κ2) is 3.10. The average molecular weight is 186 g/mol. The van der Waals surface area contributed by atoms with Crippen LogP contribution in [0.3, 0.4) is 0 Å². The zero-order valence-electron chi connectivity index (χ0n) is 7.79. The molecule has 1 aromatic rings. The van der Waals surface area contributed by atoms with Gasteiger partial charge in [-0.25, -0.2) is 0 Å². The van der Waals surface area contributed by atoms with Crippen LogP contribution in [0.1, 0.15) is 12.5 Å². The van der Waals surface area contributed by atoms with Crippen molar-refractivity contribution in [3.8, 4) is 0 Å². The Kier molecular flexibility index (Phi) is 1.93. The molecule has 0 radical (unpaired) electrons. The molecule has 0 spiro atoms. The van der Waals surface area contributed by atoms with E-state index in [1.54, 1.807) is 6.92 Å². The fourth-order valence-electron chi connectivity index (χ4n) is 1.54. The molecule has 2 N–H and O–H groups in total. The van der Waals surface area contributed by atoms with Crippen molar-refractivity contribution in [1.82, 2.24) is 5.32 Å². The van der Waals surface area contributed by atoms with E-state index in [1.807, 2.05) is 30.3 Å². The summed E-state index contributed by atoms with van der Waals surface area (Å²) in [6.07, 6.45) is 0. The number of carbonyl (C=O) groups is 1. The number of amides is 1. The van der Waals surface area contributed by atoms with E-state index in [0.717, 1.165) is 5.56 Å². The van der Waals surface area contributed by atoms with Gasteiger partial charge in [0.05, 0.1) is 0 Å². The molecule has 0 aromatic heterocycles. The van der Waals surface area contributed by atoms with E-state index in [-0.39, 0.29) is 11.7 Å². The Bertz CT molecular complexity index is 432. The number of rotatable bonds is 1. The van der Waals surface area contributed by atoms with E-state index >= 15 is 0 Å². The lowest BCUT2D eigenvalue weighted by atomic mass is 10.0. The minimum absolute atomic E-state index is 0.172. The van der Waals surface area contributed by atoms with Crippen LogP contribution < -0.4 is 5.32 Å². The topological polar surface area (TPSA) is 53.0 Å². The van der Waals surface area contributed by atoms with E-state index in [0.29, 0.717) is 11.1 Å². The highest BCUT2D eigenvalue weighted by Gasteiger charge is 2.24. The van der Waals surface area contributed by atoms with Crippen LogP contribution in [0.5, 0.6) is 0 Å². The monoisotopic (exact) mass is 186 g/mol. The Hall–Kier alpha value is -1.90. The van der Waals surface area contributed by atoms with E-state index < -0.39 is 0 Å². The van der Waals surface area contributed by atoms with Crippen LogP contribution in [0.2, 0.25) is 0 Å². The molecule has 0 saturated heterocycles. The van der Waals surface area contributed by atoms with Crippen molar-refractivity contribution in [3.05, 3.63) is 41.5 Å². The van der Waals surface area contributed by atoms with Gasteiger partial charge in [-0.2, -0.15) is 0 Å². The van der Waals surface area contributed by atoms with Gasteiger partial charge in [-0.15, -0.1) is 0 Å². The molecule has 2 rings (SSSR count). The lowest BCUT2D eigenvalue weighted by Gasteiger charge is -2.01. The molecule has 1 aliphatic heterocycles. The van der Waals surface area contributed by atoms with Crippen LogP contribution in [0.15, 0.2) is 35.9 Å². The fourth-order valence-corrected chi connectivity index (χ4v) is 1.54. The van der Waals surface area contributed by atoms with Crippen LogP contribution in [0.25, 0.3) is 5.57 Å². The van der Waals surface area contributed by atoms with Crippen LogP contribution >= 0.6 is 0 Å². The first-order valence-corrected chi connectivity index (χ1v) is 4.36. The molecule has 14 heavy (non-hydrogen) atoms. The van der Waals surface area contributed by atoms with Gasteiger partial charge >= 0.3 is 0 Å². The molecule has 0 fully saturated rings. The SMILES string of the molecule is CC1=C(c2ccccc2)C(=N)NC1=O. The third-order valence-electron chi connectivity index (χ3n) is 2.27. The summed E-state index contributed by atoms with van der Waals surface area (Å²) in [6.45, 7) is 1.74. The normalized spacial score (nSPS) is 16.1. The average Bonchev–Trinajstić information content (AvgIpc) is 2.43. The zero-order valence-corrected chi connectivity index (χ0v) is 7.79. The third-order valence-corrected chi connectivity index (χ3v) is 2.27. The third kappa shape index (κ3) is 1.23. The number of benzene rings is 1. The Labute approximate surface area is 82.0 Å². The summed E-state index contributed by atoms with van der Waals surface area (Å²) in [5, 5.41) is 10.1. The van der Waals surface area contributed by atoms with Gasteiger partial charge in [0.25, 0.3) is 5.91 Å². The van der Waals surface area contributed by atoms with Crippen molar-refractivity contribution in [3.63, 3.8) is 0 Å². The number of hydrogen-bond acceptors (Lipinski definition) is 2. The fraction of sp³-hybridized carbons (Fsp3) is 0.0909. The van der Waals surface area contributed by atoms with Gasteiger partial charge in [-0.05, 0) is 12.5 Å². The number of hydrogen-bond donors (Lipinski definition) is 2. The Morgan fingerprint density at radius 1 is 1.21 bits per heavy atom. The van der Waals surface area contributed by atoms with E-state index in [4.69, 9.17) is 5.41 Å². The van der Waals surface area contributed by atoms with E-state index in [9.17, 15) is 4.79 Å². The minimum atomic E-state index is -0.172. The first-order valence-electron chi connectivity index (χ1n) is 4.36. The van der Waals surface area contributed by atoms with Gasteiger partial charge in [0, 0.05) is 11.1 Å². The summed E-state index contributed by atoms with van der Waals surface area (Å²) in [7, 11) is 0. The van der Waals surface area contributed by atoms with Crippen molar-refractivity contribution in [1.29, 1.82) is 5.41 Å². The Balaban J connectivity index is 2.54. The van der Waals surface area contributed by atoms with Gasteiger partial charge in [-0.1, -0.05) is 30.3 Å². The van der Waals surface area contributed by atoms with Crippen molar-refractivity contribution < 1.29 is 4.79 Å². The summed E-state index contributed by atoms with van der Waals surface area (Å²) < 4.78 is 0. The van der Waals surface area contributed by atoms with Gasteiger partial charge in [0.2, 0.25) is 0 Å². The standard InChI is InChI=1S/C11H10N2O/c1-7-9(10(12)13-11(7)14)8-5-3-2-4-6-8/h2-6H,1H3,(H2,12,13,14). The molecule has 0 bridgehead atoms. The maximum atomic E-state index is 11.3. The molecule has 1 aliphatic rings. The first-order chi connectivity index (χ1) is 6.70. The molecule has 3 heteroatoms. The summed E-state index contributed by atoms with van der Waals surface area (Å²) in [5.74, 6) is 0.0209. The lowest BCUT2D eigenvalue weighted by Crippen LogP contribution is -2.22. The van der Waals surface area contributed by atoms with Crippen molar-refractivity contribution in [2.45, 2.75) is 6.92 Å². The highest BCUT2D eigenvalue weighted by Crippen LogP contribution is 2.23. The van der Waals surface area contributed by atoms with Crippen LogP contribution in [0, 0.1) is 5.41 Å². The smallest absolute Gasteiger partial charge is 0.253 e. The molecule has 0 aliphatic carbocycles. The van der Waals surface area contributed by atoms with Gasteiger partial charge in [-0.3, -0.25) is 10.2 Å². The molecule has 0 atom stereocenters. The molecule has 1 amide bonds. The number of nitrogens with one attached hydrogen (secondary N) is 2. The first kappa shape index (κ1) is 8.69. The highest BCUT2D eigenvalue weighted by atomic mass is 16.2. The highest BCUT2D eigenvalue weighted by molar-refractivity contribution is 6.36. The molecule has 70 valence electrons. The molecular weight excluding hydrogens is 176 g/mol. The van der Waals surface area contributed by atoms with E-state index in [2.05, 4.69) is 5.32 Å². The molecule has 1 aromatic carbocycles. The molecule has 3 nitrogen and oxygen atoms in total. The van der Waals surface area contributed by atoms with Crippen molar-refractivity contribution in [2.24, 2.45) is 0 Å². The lowest BCUT2D eigenvalue weighted by molar-refractivity contribution is -0.115. The summed E-state index contributed by atoms with van der Waals surface area (Å²) in [6, 6.07) is 9.49. The van der Waals surface area contributed by atoms with Crippen molar-refractivity contribution >= 4 is 17.3 Å². The van der Waals surface area contributed by atoms with Crippen LogP contribution in [-0.2, 0) is 4.79 Å². The Morgan fingerprint density at radius 2 is 1.86 bits per heavy atom. The summed E-state index contributed by atoms with van der Waals surface area (Å²) in [4.78, 5) is 11.3. The maximum absolute atomic E-state index is 11.3. The summed E-state index contributed by atoms with van der Waals surface area (Å²) in [5.41, 5.74) is 2.23. The molecule has 0 unspecified atom stereocenters. The molecule has 0 saturated carbocycles. The van der Waals surface area contributed by atoms with Gasteiger partial charge < -0.3 is 5.32 Å². The quantitative estimate of drug-likeness (QED) is 0.687. The van der Waals surface area contributed by atoms with Gasteiger partial charge in [0.1, 0.15) is 5.84 Å². The Morgan fingerprint density at radius 3 is 2.36 bits per heavy atom. The van der Waals surface area contributed by atoms with Crippen LogP contribution in [-0.4, -0.2) is 11.7 Å². The zero-order chi connectivity index (χ0) is 10.1. The molecular formula is C11H10N2O.